The van der Waals surface area contributed by atoms with E-state index in [0.29, 0.717) is 38.9 Å². The van der Waals surface area contributed by atoms with Gasteiger partial charge in [-0.05, 0) is 131 Å². The summed E-state index contributed by atoms with van der Waals surface area (Å²) >= 11 is 0. The van der Waals surface area contributed by atoms with Crippen LogP contribution in [0.1, 0.15) is 85.1 Å². The van der Waals surface area contributed by atoms with Crippen molar-refractivity contribution in [2.45, 2.75) is 62.4 Å². The molecule has 0 aliphatic carbocycles. The predicted octanol–water partition coefficient (Wildman–Crippen LogP) is 13.7. The summed E-state index contributed by atoms with van der Waals surface area (Å²) in [4.78, 5) is 24.6. The summed E-state index contributed by atoms with van der Waals surface area (Å²) in [6, 6.07) is 43.4. The smallest absolute Gasteiger partial charge is 0.227 e. The Labute approximate surface area is 574 Å². The maximum atomic E-state index is 9.08. The van der Waals surface area contributed by atoms with E-state index in [1.807, 2.05) is 50.2 Å². The van der Waals surface area contributed by atoms with Gasteiger partial charge in [-0.15, -0.1) is 102 Å². The summed E-state index contributed by atoms with van der Waals surface area (Å²) < 4.78 is 205. The number of aliphatic hydroxyl groups is 2. The molecule has 0 atom stereocenters. The van der Waals surface area contributed by atoms with Crippen LogP contribution < -0.4 is 0 Å². The number of hydrogen-bond acceptors (Lipinski definition) is 13. The fourth-order valence-corrected chi connectivity index (χ4v) is 6.78. The van der Waals surface area contributed by atoms with Crippen molar-refractivity contribution in [3.8, 4) is 56.9 Å². The molecule has 449 valence electrons. The number of hydrogen-bond donors (Lipinski definition) is 2. The molecule has 87 heavy (non-hydrogen) atoms. The van der Waals surface area contributed by atoms with E-state index in [1.165, 1.54) is 24.5 Å². The number of pyridine rings is 6. The molecule has 0 bridgehead atoms. The molecule has 0 aliphatic heterocycles. The summed E-state index contributed by atoms with van der Waals surface area (Å²) in [6.45, 7) is -10.4. The molecule has 2 N–H and O–H groups in total. The van der Waals surface area contributed by atoms with Crippen LogP contribution in [0.15, 0.2) is 185 Å². The molecule has 0 unspecified atom stereocenters. The van der Waals surface area contributed by atoms with Crippen LogP contribution in [-0.2, 0) is 50.3 Å². The van der Waals surface area contributed by atoms with E-state index < -0.39 is 63.3 Å². The van der Waals surface area contributed by atoms with E-state index in [9.17, 15) is 0 Å². The first-order valence-electron chi connectivity index (χ1n) is 35.2. The second-order valence-electron chi connectivity index (χ2n) is 15.9. The monoisotopic (exact) mass is 1550 g/mol. The van der Waals surface area contributed by atoms with Gasteiger partial charge in [-0.2, -0.15) is 0 Å². The zero-order valence-electron chi connectivity index (χ0n) is 68.4. The zero-order chi connectivity index (χ0) is 80.1. The number of para-hydroxylation sites is 1. The van der Waals surface area contributed by atoms with Crippen LogP contribution in [0.4, 0.5) is 0 Å². The number of benzene rings is 4. The maximum absolute atomic E-state index is 9.08. The summed E-state index contributed by atoms with van der Waals surface area (Å²) in [6.07, 6.45) is 5.53. The number of furan rings is 2. The van der Waals surface area contributed by atoms with Gasteiger partial charge in [0.25, 0.3) is 0 Å². The van der Waals surface area contributed by atoms with Crippen molar-refractivity contribution in [1.29, 1.82) is 0 Å². The molecule has 12 rings (SSSR count). The Hall–Kier alpha value is -7.74. The Bertz CT molecular complexity index is 4750. The van der Waals surface area contributed by atoms with Crippen molar-refractivity contribution in [3.05, 3.63) is 228 Å². The summed E-state index contributed by atoms with van der Waals surface area (Å²) in [5.41, 5.74) is 4.55. The van der Waals surface area contributed by atoms with Gasteiger partial charge in [0.05, 0.1) is 26.9 Å². The van der Waals surface area contributed by atoms with E-state index in [1.54, 1.807) is 78.9 Å². The van der Waals surface area contributed by atoms with Crippen molar-refractivity contribution in [2.75, 3.05) is 20.5 Å². The second-order valence-corrected chi connectivity index (χ2v) is 17.3. The molecular weight excluding hydrogens is 1460 g/mol. The molecule has 12 aromatic rings. The molecule has 7 radical (unpaired) electrons. The van der Waals surface area contributed by atoms with Crippen molar-refractivity contribution < 1.29 is 102 Å². The molecule has 0 aliphatic rings. The number of nitrogens with zero attached hydrogens (tertiary/aromatic N) is 6. The molecule has 19 heteroatoms. The Morgan fingerprint density at radius 2 is 0.966 bits per heavy atom. The number of aliphatic hydroxyl groups excluding tert-OH is 2. The molecule has 0 amide bonds. The summed E-state index contributed by atoms with van der Waals surface area (Å²) in [5.74, 6) is 5.36. The maximum Gasteiger partial charge on any atom is 0.227 e. The van der Waals surface area contributed by atoms with Gasteiger partial charge in [-0.25, -0.2) is 18.4 Å². The zero-order valence-corrected chi connectivity index (χ0v) is 52.0. The predicted molar refractivity (Wildman–Crippen MR) is 349 cm³/mol. The van der Waals surface area contributed by atoms with Crippen LogP contribution in [-0.4, -0.2) is 96.1 Å². The molecular formula is C68H68B3Ir2N6O7S-4. The minimum Gasteiger partial charge on any atom is -0.748 e. The van der Waals surface area contributed by atoms with Gasteiger partial charge in [-0.1, -0.05) is 72.9 Å². The van der Waals surface area contributed by atoms with Crippen LogP contribution in [0.2, 0.25) is 0 Å². The third kappa shape index (κ3) is 24.9. The van der Waals surface area contributed by atoms with E-state index in [0.717, 1.165) is 56.2 Å². The standard InChI is InChI=1S/C18H14N2O.C18H13N2O.2C12H10N.C4H6.CH4O3S.2CH4O.CH4.B3.2Ir/c2*1-11-6-9-16(19-10-11)15-5-3-4-13-14-8-7-12(2)20-18(14)21-17(13)15;2*1-10-7-8-12(13-9-10)11-5-3-2-4-6-11;1-3-4-2;1-5(2,3)4;2*1-2;;1-3-2;;/h3-10H,1-2H3;3-4,6-10H,1-2H3;2*2-5,7-9H,1H3;1-2H3;1H3,(H,2,3,4);2*2H,1H3;1H4;;;/q;3*-1;;;;;;;;/p-1/i2*1D3,2D3,6D,9D;2*1D3;;;;;;;;. The Morgan fingerprint density at radius 3 is 1.39 bits per heavy atom. The normalized spacial score (nSPS) is 14.1. The fraction of sp³-hybridized carbons (Fsp3) is 0.176. The topological polar surface area (TPSA) is 201 Å². The third-order valence-corrected chi connectivity index (χ3v) is 10.2. The summed E-state index contributed by atoms with van der Waals surface area (Å²) in [5, 5.41) is 16.5. The van der Waals surface area contributed by atoms with E-state index in [2.05, 4.69) is 75.4 Å². The Kier molecular flexibility index (Phi) is 22.1. The van der Waals surface area contributed by atoms with Crippen molar-refractivity contribution in [1.82, 2.24) is 29.9 Å². The largest absolute Gasteiger partial charge is 0.748 e. The number of fused-ring (bicyclic) bond motifs is 6. The van der Waals surface area contributed by atoms with Gasteiger partial charge < -0.3 is 38.6 Å². The molecule has 0 spiro atoms. The van der Waals surface area contributed by atoms with Gasteiger partial charge in [-0.3, -0.25) is 4.98 Å². The SMILES string of the molecule is C.CC#CC.CO.CO.CS(=O)(=O)[O-].[2H]C([2H])([2H])c1ccc(-c2[c-]cccc2)nc1.[2H]C([2H])([2H])c1ccc(-c2[c-]cccc2)nc1.[2H]c1c(C([2H])([2H])[2H])cnc(-c2[c-]ccc3c2oc2nc(C([2H])([2H])[2H])ccc23)c1[2H].[2H]c1c(C([2H])([2H])[2H])cnc(-c2cccc3c2oc2nc(C([2H])([2H])[2H])ccc23)c1[2H].[B][B][B].[Ir].[Ir]. The average Bonchev–Trinajstić information content (AvgIpc) is 1.64. The molecule has 0 fully saturated rings. The number of aryl methyl sites for hydroxylation is 6. The van der Waals surface area contributed by atoms with Crippen LogP contribution in [0, 0.1) is 71.2 Å². The molecule has 8 aromatic heterocycles. The average molecular weight is 1550 g/mol. The summed E-state index contributed by atoms with van der Waals surface area (Å²) in [7, 11) is 8.08. The van der Waals surface area contributed by atoms with Gasteiger partial charge in [0.2, 0.25) is 11.4 Å². The van der Waals surface area contributed by atoms with Crippen molar-refractivity contribution in [2.24, 2.45) is 0 Å². The molecule has 13 nitrogen and oxygen atoms in total. The van der Waals surface area contributed by atoms with E-state index >= 15 is 0 Å². The molecule has 4 aromatic carbocycles. The van der Waals surface area contributed by atoms with Crippen LogP contribution >= 0.6 is 0 Å². The van der Waals surface area contributed by atoms with Crippen molar-refractivity contribution >= 4 is 76.8 Å². The minimum atomic E-state index is -3.92. The quantitative estimate of drug-likeness (QED) is 0.0730. The third-order valence-electron chi connectivity index (χ3n) is 10.2. The fourth-order valence-electron chi connectivity index (χ4n) is 6.78. The van der Waals surface area contributed by atoms with E-state index in [-0.39, 0.29) is 127 Å². The Morgan fingerprint density at radius 1 is 0.529 bits per heavy atom. The molecule has 0 saturated heterocycles. The van der Waals surface area contributed by atoms with Gasteiger partial charge in [0, 0.05) is 166 Å². The molecule has 8 heterocycles. The van der Waals surface area contributed by atoms with Gasteiger partial charge in [0.1, 0.15) is 5.58 Å². The first-order chi connectivity index (χ1) is 49.4. The molecule has 0 saturated carbocycles. The van der Waals surface area contributed by atoms with Gasteiger partial charge in [0.15, 0.2) is 0 Å². The van der Waals surface area contributed by atoms with Crippen LogP contribution in [0.25, 0.3) is 89.2 Å². The Balaban J connectivity index is 0.000000692. The van der Waals surface area contributed by atoms with Crippen molar-refractivity contribution in [3.63, 3.8) is 0 Å². The van der Waals surface area contributed by atoms with E-state index in [4.69, 9.17) is 62.2 Å². The van der Waals surface area contributed by atoms with Crippen LogP contribution in [0.3, 0.4) is 0 Å². The minimum absolute atomic E-state index is 0. The second kappa shape index (κ2) is 40.6. The van der Waals surface area contributed by atoms with Gasteiger partial charge >= 0.3 is 0 Å². The number of rotatable bonds is 4. The number of aromatic nitrogens is 6. The first kappa shape index (κ1) is 47.3. The first-order valence-corrected chi connectivity index (χ1v) is 26.0. The van der Waals surface area contributed by atoms with Crippen LogP contribution in [0.5, 0.6) is 0 Å².